The molecule has 0 saturated heterocycles. The third-order valence-corrected chi connectivity index (χ3v) is 4.03. The van der Waals surface area contributed by atoms with Crippen LogP contribution in [-0.2, 0) is 11.3 Å². The van der Waals surface area contributed by atoms with Crippen molar-refractivity contribution in [1.82, 2.24) is 20.0 Å². The van der Waals surface area contributed by atoms with Crippen molar-refractivity contribution in [2.45, 2.75) is 25.3 Å². The fraction of sp³-hybridized carbons (Fsp3) is 0.250. The van der Waals surface area contributed by atoms with Crippen LogP contribution < -0.4 is 10.1 Å². The molecule has 0 atom stereocenters. The molecular formula is C16H15F2N5O3S. The lowest BCUT2D eigenvalue weighted by Gasteiger charge is -2.06. The van der Waals surface area contributed by atoms with Gasteiger partial charge in [-0.15, -0.1) is 10.2 Å². The fourth-order valence-electron chi connectivity index (χ4n) is 2.09. The van der Waals surface area contributed by atoms with Crippen LogP contribution in [0.15, 0.2) is 46.2 Å². The van der Waals surface area contributed by atoms with Crippen LogP contribution in [0.4, 0.5) is 14.5 Å². The van der Waals surface area contributed by atoms with Gasteiger partial charge >= 0.3 is 6.61 Å². The quantitative estimate of drug-likeness (QED) is 0.586. The number of anilines is 1. The number of carbonyl (C=O) groups excluding carboxylic acids is 1. The van der Waals surface area contributed by atoms with Gasteiger partial charge in [-0.1, -0.05) is 11.8 Å². The number of hydrogen-bond acceptors (Lipinski definition) is 7. The Hall–Kier alpha value is -2.95. The number of thioether (sulfide) groups is 1. The van der Waals surface area contributed by atoms with E-state index in [4.69, 9.17) is 4.42 Å². The van der Waals surface area contributed by atoms with Gasteiger partial charge in [0.2, 0.25) is 11.8 Å². The maximum absolute atomic E-state index is 12.1. The summed E-state index contributed by atoms with van der Waals surface area (Å²) in [4.78, 5) is 12.0. The highest BCUT2D eigenvalue weighted by Crippen LogP contribution is 2.19. The second-order valence-electron chi connectivity index (χ2n) is 5.36. The summed E-state index contributed by atoms with van der Waals surface area (Å²) >= 11 is 1.09. The van der Waals surface area contributed by atoms with Gasteiger partial charge in [0.25, 0.3) is 5.22 Å². The zero-order valence-corrected chi connectivity index (χ0v) is 14.9. The molecule has 0 aliphatic heterocycles. The summed E-state index contributed by atoms with van der Waals surface area (Å²) < 4.78 is 35.6. The van der Waals surface area contributed by atoms with Gasteiger partial charge in [0.05, 0.1) is 11.4 Å². The Morgan fingerprint density at radius 1 is 1.30 bits per heavy atom. The molecule has 2 aromatic heterocycles. The Labute approximate surface area is 156 Å². The molecule has 0 saturated carbocycles. The van der Waals surface area contributed by atoms with Crippen LogP contribution in [0.2, 0.25) is 0 Å². The second-order valence-corrected chi connectivity index (χ2v) is 6.28. The minimum Gasteiger partial charge on any atom is -0.435 e. The molecule has 27 heavy (non-hydrogen) atoms. The van der Waals surface area contributed by atoms with E-state index >= 15 is 0 Å². The third-order valence-electron chi connectivity index (χ3n) is 3.21. The van der Waals surface area contributed by atoms with Gasteiger partial charge in [0.1, 0.15) is 12.3 Å². The molecule has 8 nitrogen and oxygen atoms in total. The number of amides is 1. The molecule has 0 aliphatic rings. The summed E-state index contributed by atoms with van der Waals surface area (Å²) in [5, 5.41) is 14.9. The van der Waals surface area contributed by atoms with Gasteiger partial charge in [-0.3, -0.25) is 9.48 Å². The molecule has 0 spiro atoms. The highest BCUT2D eigenvalue weighted by Gasteiger charge is 2.11. The molecule has 2 heterocycles. The normalized spacial score (nSPS) is 11.0. The van der Waals surface area contributed by atoms with Crippen LogP contribution in [0.3, 0.4) is 0 Å². The Balaban J connectivity index is 1.46. The van der Waals surface area contributed by atoms with E-state index in [1.807, 2.05) is 13.0 Å². The molecule has 3 aromatic rings. The number of benzene rings is 1. The first-order valence-corrected chi connectivity index (χ1v) is 8.76. The molecule has 3 rings (SSSR count). The molecule has 1 N–H and O–H groups in total. The van der Waals surface area contributed by atoms with Crippen molar-refractivity contribution in [2.75, 3.05) is 11.1 Å². The zero-order chi connectivity index (χ0) is 19.2. The summed E-state index contributed by atoms with van der Waals surface area (Å²) in [6.45, 7) is -0.664. The molecule has 0 bridgehead atoms. The van der Waals surface area contributed by atoms with E-state index in [1.54, 1.807) is 10.9 Å². The summed E-state index contributed by atoms with van der Waals surface area (Å²) in [7, 11) is 0. The van der Waals surface area contributed by atoms with Crippen LogP contribution >= 0.6 is 11.8 Å². The smallest absolute Gasteiger partial charge is 0.387 e. The number of hydrogen-bond donors (Lipinski definition) is 1. The molecule has 1 aromatic carbocycles. The number of alkyl halides is 2. The molecule has 0 unspecified atom stereocenters. The van der Waals surface area contributed by atoms with E-state index in [-0.39, 0.29) is 22.6 Å². The van der Waals surface area contributed by atoms with Crippen LogP contribution in [0.1, 0.15) is 11.6 Å². The molecular weight excluding hydrogens is 380 g/mol. The highest BCUT2D eigenvalue weighted by atomic mass is 32.2. The number of aryl methyl sites for hydroxylation is 1. The lowest BCUT2D eigenvalue weighted by atomic mass is 10.3. The Kier molecular flexibility index (Phi) is 6.01. The SMILES string of the molecule is Cc1ccn(Cc2nnc(SCC(=O)Nc3ccc(OC(F)F)cc3)o2)n1. The number of nitrogens with zero attached hydrogens (tertiary/aromatic N) is 4. The fourth-order valence-corrected chi connectivity index (χ4v) is 2.67. The Morgan fingerprint density at radius 2 is 2.07 bits per heavy atom. The Bertz CT molecular complexity index is 898. The zero-order valence-electron chi connectivity index (χ0n) is 14.1. The summed E-state index contributed by atoms with van der Waals surface area (Å²) in [6.07, 6.45) is 1.80. The average Bonchev–Trinajstić information content (AvgIpc) is 3.23. The lowest BCUT2D eigenvalue weighted by Crippen LogP contribution is -2.14. The summed E-state index contributed by atoms with van der Waals surface area (Å²) in [6, 6.07) is 7.49. The molecule has 1 amide bonds. The van der Waals surface area contributed by atoms with Crippen LogP contribution in [0.25, 0.3) is 0 Å². The van der Waals surface area contributed by atoms with Crippen molar-refractivity contribution in [3.05, 3.63) is 48.1 Å². The lowest BCUT2D eigenvalue weighted by molar-refractivity contribution is -0.113. The van der Waals surface area contributed by atoms with Crippen molar-refractivity contribution in [1.29, 1.82) is 0 Å². The van der Waals surface area contributed by atoms with Gasteiger partial charge in [-0.05, 0) is 37.3 Å². The van der Waals surface area contributed by atoms with E-state index < -0.39 is 6.61 Å². The molecule has 0 fully saturated rings. The van der Waals surface area contributed by atoms with Crippen LogP contribution in [-0.4, -0.2) is 38.2 Å². The van der Waals surface area contributed by atoms with E-state index in [0.29, 0.717) is 18.1 Å². The first-order chi connectivity index (χ1) is 13.0. The number of carbonyl (C=O) groups is 1. The predicted octanol–water partition coefficient (Wildman–Crippen LogP) is 2.96. The van der Waals surface area contributed by atoms with E-state index in [1.165, 1.54) is 24.3 Å². The molecule has 0 aliphatic carbocycles. The van der Waals surface area contributed by atoms with Gasteiger partial charge in [0.15, 0.2) is 0 Å². The maximum atomic E-state index is 12.1. The number of rotatable bonds is 8. The van der Waals surface area contributed by atoms with Gasteiger partial charge < -0.3 is 14.5 Å². The predicted molar refractivity (Wildman–Crippen MR) is 92.8 cm³/mol. The summed E-state index contributed by atoms with van der Waals surface area (Å²) in [5.74, 6) is 0.154. The van der Waals surface area contributed by atoms with Crippen LogP contribution in [0.5, 0.6) is 5.75 Å². The Morgan fingerprint density at radius 3 is 2.74 bits per heavy atom. The number of halogens is 2. The number of ether oxygens (including phenoxy) is 1. The standard InChI is InChI=1S/C16H15F2N5O3S/c1-10-6-7-23(22-10)8-14-20-21-16(26-14)27-9-13(24)19-11-2-4-12(5-3-11)25-15(17)18/h2-7,15H,8-9H2,1H3,(H,19,24). The van der Waals surface area contributed by atoms with Crippen LogP contribution in [0, 0.1) is 6.92 Å². The van der Waals surface area contributed by atoms with Gasteiger partial charge in [0, 0.05) is 11.9 Å². The minimum atomic E-state index is -2.89. The van der Waals surface area contributed by atoms with E-state index in [2.05, 4.69) is 25.3 Å². The van der Waals surface area contributed by atoms with E-state index in [9.17, 15) is 13.6 Å². The van der Waals surface area contributed by atoms with Crippen molar-refractivity contribution in [3.8, 4) is 5.75 Å². The van der Waals surface area contributed by atoms with Crippen molar-refractivity contribution >= 4 is 23.4 Å². The molecule has 142 valence electrons. The summed E-state index contributed by atoms with van der Waals surface area (Å²) in [5.41, 5.74) is 1.34. The monoisotopic (exact) mass is 395 g/mol. The highest BCUT2D eigenvalue weighted by molar-refractivity contribution is 7.99. The molecule has 0 radical (unpaired) electrons. The van der Waals surface area contributed by atoms with E-state index in [0.717, 1.165) is 17.5 Å². The first-order valence-electron chi connectivity index (χ1n) is 7.78. The van der Waals surface area contributed by atoms with Crippen molar-refractivity contribution in [2.24, 2.45) is 0 Å². The number of nitrogens with one attached hydrogen (secondary N) is 1. The topological polar surface area (TPSA) is 95.1 Å². The average molecular weight is 395 g/mol. The van der Waals surface area contributed by atoms with Gasteiger partial charge in [-0.25, -0.2) is 0 Å². The van der Waals surface area contributed by atoms with Gasteiger partial charge in [-0.2, -0.15) is 13.9 Å². The van der Waals surface area contributed by atoms with Crippen molar-refractivity contribution < 1.29 is 22.7 Å². The third kappa shape index (κ3) is 5.78. The second kappa shape index (κ2) is 8.62. The maximum Gasteiger partial charge on any atom is 0.387 e. The van der Waals surface area contributed by atoms with Crippen molar-refractivity contribution in [3.63, 3.8) is 0 Å². The first kappa shape index (κ1) is 18.8. The largest absolute Gasteiger partial charge is 0.435 e. The number of aromatic nitrogens is 4. The minimum absolute atomic E-state index is 0.0168. The molecule has 11 heteroatoms.